The Morgan fingerprint density at radius 2 is 1.77 bits per heavy atom. The number of likely N-dealkylation sites (tertiary alicyclic amines) is 1. The van der Waals surface area contributed by atoms with Crippen molar-refractivity contribution in [3.05, 3.63) is 83.9 Å². The number of carbonyl (C=O) groups excluding carboxylic acids is 1. The molecular weight excluding hydrogens is 486 g/mol. The van der Waals surface area contributed by atoms with Gasteiger partial charge >= 0.3 is 0 Å². The molecule has 1 saturated heterocycles. The van der Waals surface area contributed by atoms with Gasteiger partial charge in [-0.25, -0.2) is 0 Å². The molecule has 4 aromatic rings. The van der Waals surface area contributed by atoms with Crippen molar-refractivity contribution < 1.29 is 14.6 Å². The lowest BCUT2D eigenvalue weighted by atomic mass is 10.0. The van der Waals surface area contributed by atoms with E-state index in [0.717, 1.165) is 71.5 Å². The third-order valence-corrected chi connectivity index (χ3v) is 7.61. The van der Waals surface area contributed by atoms with E-state index in [9.17, 15) is 9.90 Å². The number of hydrogen-bond donors (Lipinski definition) is 3. The fraction of sp³-hybridized carbons (Fsp3) is 0.364. The highest BCUT2D eigenvalue weighted by Crippen LogP contribution is 2.36. The maximum atomic E-state index is 13.3. The Morgan fingerprint density at radius 1 is 1.00 bits per heavy atom. The molecular formula is C33H39N3O3. The summed E-state index contributed by atoms with van der Waals surface area (Å²) in [4.78, 5) is 19.4. The predicted octanol–water partition coefficient (Wildman–Crippen LogP) is 6.09. The van der Waals surface area contributed by atoms with Gasteiger partial charge in [0.25, 0.3) is 0 Å². The van der Waals surface area contributed by atoms with Crippen LogP contribution in [0.3, 0.4) is 0 Å². The minimum Gasteiger partial charge on any atom is -0.508 e. The summed E-state index contributed by atoms with van der Waals surface area (Å²) in [5.74, 6) is 1.09. The van der Waals surface area contributed by atoms with Crippen molar-refractivity contribution in [1.29, 1.82) is 0 Å². The zero-order valence-electron chi connectivity index (χ0n) is 22.8. The number of aromatic hydroxyl groups is 1. The van der Waals surface area contributed by atoms with Crippen molar-refractivity contribution in [3.63, 3.8) is 0 Å². The first-order valence-corrected chi connectivity index (χ1v) is 14.2. The van der Waals surface area contributed by atoms with Crippen molar-refractivity contribution in [2.75, 3.05) is 26.2 Å². The van der Waals surface area contributed by atoms with Gasteiger partial charge in [-0.15, -0.1) is 0 Å². The molecule has 2 heterocycles. The van der Waals surface area contributed by atoms with Gasteiger partial charge in [-0.3, -0.25) is 9.69 Å². The number of nitrogens with one attached hydrogen (secondary N) is 2. The van der Waals surface area contributed by atoms with Crippen LogP contribution in [0.2, 0.25) is 0 Å². The van der Waals surface area contributed by atoms with Gasteiger partial charge in [-0.1, -0.05) is 55.0 Å². The van der Waals surface area contributed by atoms with Crippen LogP contribution >= 0.6 is 0 Å². The van der Waals surface area contributed by atoms with Crippen LogP contribution in [-0.4, -0.2) is 53.2 Å². The second-order valence-corrected chi connectivity index (χ2v) is 10.6. The lowest BCUT2D eigenvalue weighted by molar-refractivity contribution is -0.121. The highest BCUT2D eigenvalue weighted by atomic mass is 16.5. The Labute approximate surface area is 231 Å². The number of phenols is 1. The second kappa shape index (κ2) is 12.9. The molecule has 1 amide bonds. The van der Waals surface area contributed by atoms with Crippen LogP contribution in [0.15, 0.2) is 72.8 Å². The molecule has 3 aromatic carbocycles. The maximum Gasteiger partial charge on any atom is 0.224 e. The van der Waals surface area contributed by atoms with Crippen LogP contribution in [0, 0.1) is 0 Å². The number of amides is 1. The van der Waals surface area contributed by atoms with E-state index in [2.05, 4.69) is 33.4 Å². The van der Waals surface area contributed by atoms with Crippen molar-refractivity contribution in [2.45, 2.75) is 51.5 Å². The minimum atomic E-state index is -0.00518. The molecule has 0 aliphatic carbocycles. The second-order valence-electron chi connectivity index (χ2n) is 10.6. The number of benzene rings is 3. The Hall–Kier alpha value is -3.77. The van der Waals surface area contributed by atoms with Gasteiger partial charge in [0.1, 0.15) is 18.1 Å². The first-order chi connectivity index (χ1) is 19.1. The quantitative estimate of drug-likeness (QED) is 0.222. The summed E-state index contributed by atoms with van der Waals surface area (Å²) < 4.78 is 6.36. The molecule has 1 atom stereocenters. The van der Waals surface area contributed by atoms with E-state index in [-0.39, 0.29) is 24.1 Å². The summed E-state index contributed by atoms with van der Waals surface area (Å²) in [5, 5.41) is 13.7. The number of piperidine rings is 1. The highest BCUT2D eigenvalue weighted by molar-refractivity contribution is 5.98. The molecule has 3 N–H and O–H groups in total. The van der Waals surface area contributed by atoms with Crippen molar-refractivity contribution in [3.8, 4) is 22.8 Å². The Morgan fingerprint density at radius 3 is 2.54 bits per heavy atom. The molecule has 1 aliphatic rings. The number of rotatable bonds is 11. The number of phenolic OH excluding ortho intramolecular Hbond substituents is 1. The number of fused-ring (bicyclic) bond motifs is 1. The van der Waals surface area contributed by atoms with Gasteiger partial charge in [0.05, 0.1) is 12.1 Å². The fourth-order valence-electron chi connectivity index (χ4n) is 5.50. The van der Waals surface area contributed by atoms with E-state index in [1.807, 2.05) is 49.4 Å². The van der Waals surface area contributed by atoms with Crippen molar-refractivity contribution >= 4 is 16.8 Å². The summed E-state index contributed by atoms with van der Waals surface area (Å²) >= 11 is 0. The standard InChI is InChI=1S/C33H39N3O3/c1-24(13-14-25-15-17-27(37)18-16-25)34-31(38)23-28-32-29(35-33(28)26-9-4-2-5-10-26)11-8-12-30(32)39-22-21-36-19-6-3-7-20-36/h2,4-5,8-12,15-18,24,35,37H,3,6-7,13-14,19-23H2,1H3,(H,34,38)/t24-/m1/s1. The van der Waals surface area contributed by atoms with E-state index in [4.69, 9.17) is 4.74 Å². The lowest BCUT2D eigenvalue weighted by Gasteiger charge is -2.26. The smallest absolute Gasteiger partial charge is 0.224 e. The molecule has 0 unspecified atom stereocenters. The van der Waals surface area contributed by atoms with Gasteiger partial charge in [0, 0.05) is 23.5 Å². The molecule has 0 saturated carbocycles. The summed E-state index contributed by atoms with van der Waals surface area (Å²) in [7, 11) is 0. The lowest BCUT2D eigenvalue weighted by Crippen LogP contribution is -2.34. The van der Waals surface area contributed by atoms with Gasteiger partial charge in [0.15, 0.2) is 0 Å². The maximum absolute atomic E-state index is 13.3. The van der Waals surface area contributed by atoms with E-state index >= 15 is 0 Å². The number of hydrogen-bond acceptors (Lipinski definition) is 4. The first kappa shape index (κ1) is 26.8. The average molecular weight is 526 g/mol. The average Bonchev–Trinajstić information content (AvgIpc) is 3.32. The number of aromatic amines is 1. The number of H-pyrrole nitrogens is 1. The normalized spacial score (nSPS) is 14.8. The molecule has 0 bridgehead atoms. The molecule has 1 aromatic heterocycles. The monoisotopic (exact) mass is 525 g/mol. The summed E-state index contributed by atoms with van der Waals surface area (Å²) in [6, 6.07) is 23.6. The van der Waals surface area contributed by atoms with E-state index in [0.29, 0.717) is 6.61 Å². The van der Waals surface area contributed by atoms with Crippen molar-refractivity contribution in [2.24, 2.45) is 0 Å². The number of aryl methyl sites for hydroxylation is 1. The fourth-order valence-corrected chi connectivity index (χ4v) is 5.50. The molecule has 1 aliphatic heterocycles. The van der Waals surface area contributed by atoms with Crippen molar-refractivity contribution in [1.82, 2.24) is 15.2 Å². The first-order valence-electron chi connectivity index (χ1n) is 14.2. The highest BCUT2D eigenvalue weighted by Gasteiger charge is 2.20. The molecule has 6 heteroatoms. The summed E-state index contributed by atoms with van der Waals surface area (Å²) in [6.07, 6.45) is 5.77. The van der Waals surface area contributed by atoms with Gasteiger partial charge < -0.3 is 20.1 Å². The molecule has 0 spiro atoms. The zero-order valence-corrected chi connectivity index (χ0v) is 22.8. The summed E-state index contributed by atoms with van der Waals surface area (Å²) in [6.45, 7) is 5.88. The van der Waals surface area contributed by atoms with Crippen LogP contribution in [-0.2, 0) is 17.6 Å². The molecule has 0 radical (unpaired) electrons. The molecule has 1 fully saturated rings. The third kappa shape index (κ3) is 7.01. The van der Waals surface area contributed by atoms with Crippen LogP contribution in [0.4, 0.5) is 0 Å². The van der Waals surface area contributed by atoms with Crippen LogP contribution in [0.25, 0.3) is 22.2 Å². The van der Waals surface area contributed by atoms with E-state index in [1.165, 1.54) is 19.3 Å². The van der Waals surface area contributed by atoms with Crippen LogP contribution in [0.1, 0.15) is 43.7 Å². The number of carbonyl (C=O) groups is 1. The van der Waals surface area contributed by atoms with E-state index < -0.39 is 0 Å². The van der Waals surface area contributed by atoms with Gasteiger partial charge in [-0.05, 0) is 86.7 Å². The SMILES string of the molecule is C[C@H](CCc1ccc(O)cc1)NC(=O)Cc1c(-c2ccccc2)[nH]c2cccc(OCCN3CCCCC3)c12. The molecule has 5 rings (SSSR count). The van der Waals surface area contributed by atoms with Gasteiger partial charge in [-0.2, -0.15) is 0 Å². The third-order valence-electron chi connectivity index (χ3n) is 7.61. The number of aromatic nitrogens is 1. The zero-order chi connectivity index (χ0) is 27.0. The van der Waals surface area contributed by atoms with Crippen LogP contribution in [0.5, 0.6) is 11.5 Å². The summed E-state index contributed by atoms with van der Waals surface area (Å²) in [5.41, 5.74) is 5.10. The predicted molar refractivity (Wildman–Crippen MR) is 157 cm³/mol. The van der Waals surface area contributed by atoms with Gasteiger partial charge in [0.2, 0.25) is 5.91 Å². The van der Waals surface area contributed by atoms with E-state index in [1.54, 1.807) is 12.1 Å². The molecule has 39 heavy (non-hydrogen) atoms. The molecule has 6 nitrogen and oxygen atoms in total. The number of ether oxygens (including phenoxy) is 1. The largest absolute Gasteiger partial charge is 0.508 e. The Kier molecular flexibility index (Phi) is 8.84. The molecule has 204 valence electrons. The minimum absolute atomic E-state index is 0.00518. The Bertz CT molecular complexity index is 1360. The Balaban J connectivity index is 1.33. The number of nitrogens with zero attached hydrogens (tertiary/aromatic N) is 1. The topological polar surface area (TPSA) is 77.6 Å². The van der Waals surface area contributed by atoms with Crippen LogP contribution < -0.4 is 10.1 Å².